The summed E-state index contributed by atoms with van der Waals surface area (Å²) < 4.78 is 38.4. The molecule has 6 rings (SSSR count). The highest BCUT2D eigenvalue weighted by Gasteiger charge is 2.33. The molecule has 15 nitrogen and oxygen atoms in total. The highest BCUT2D eigenvalue weighted by Crippen LogP contribution is 2.49. The van der Waals surface area contributed by atoms with Crippen molar-refractivity contribution in [2.75, 3.05) is 45.1 Å². The Morgan fingerprint density at radius 1 is 0.981 bits per heavy atom. The number of benzene rings is 2. The maximum absolute atomic E-state index is 13.8. The van der Waals surface area contributed by atoms with Gasteiger partial charge >= 0.3 is 13.7 Å². The van der Waals surface area contributed by atoms with Crippen LogP contribution in [0.3, 0.4) is 0 Å². The molecule has 1 aliphatic heterocycles. The van der Waals surface area contributed by atoms with Crippen LogP contribution in [0.15, 0.2) is 59.7 Å². The summed E-state index contributed by atoms with van der Waals surface area (Å²) >= 11 is 3.54. The fraction of sp³-hybridized carbons (Fsp3) is 0.371. The first-order valence-electron chi connectivity index (χ1n) is 16.5. The molecule has 1 aliphatic rings. The number of carbonyl (C=O) groups excluding carboxylic acids is 1. The Bertz CT molecular complexity index is 2140. The van der Waals surface area contributed by atoms with Crippen molar-refractivity contribution in [3.8, 4) is 16.9 Å². The van der Waals surface area contributed by atoms with Crippen molar-refractivity contribution in [3.63, 3.8) is 0 Å². The van der Waals surface area contributed by atoms with Gasteiger partial charge in [0.25, 0.3) is 0 Å². The number of aryl methyl sites for hydroxylation is 1. The zero-order valence-corrected chi connectivity index (χ0v) is 32.5. The van der Waals surface area contributed by atoms with Gasteiger partial charge in [0.1, 0.15) is 28.0 Å². The fourth-order valence-electron chi connectivity index (χ4n) is 6.13. The van der Waals surface area contributed by atoms with E-state index in [0.29, 0.717) is 51.5 Å². The number of rotatable bonds is 10. The van der Waals surface area contributed by atoms with Crippen molar-refractivity contribution < 1.29 is 27.9 Å². The summed E-state index contributed by atoms with van der Waals surface area (Å²) in [5, 5.41) is 11.2. The number of nitrogens with zero attached hydrogens (tertiary/aromatic N) is 7. The predicted molar refractivity (Wildman–Crippen MR) is 202 cm³/mol. The van der Waals surface area contributed by atoms with E-state index in [2.05, 4.69) is 46.6 Å². The first kappa shape index (κ1) is 37.1. The van der Waals surface area contributed by atoms with Crippen LogP contribution in [0.25, 0.3) is 22.2 Å². The number of anilines is 4. The normalized spacial score (nSPS) is 14.0. The van der Waals surface area contributed by atoms with Gasteiger partial charge in [-0.15, -0.1) is 0 Å². The van der Waals surface area contributed by atoms with E-state index >= 15 is 0 Å². The average molecular weight is 795 g/mol. The Labute approximate surface area is 310 Å². The van der Waals surface area contributed by atoms with Gasteiger partial charge in [-0.1, -0.05) is 0 Å². The van der Waals surface area contributed by atoms with Crippen molar-refractivity contribution >= 4 is 69.1 Å². The summed E-state index contributed by atoms with van der Waals surface area (Å²) in [7, 11) is 2.32. The van der Waals surface area contributed by atoms with Gasteiger partial charge in [-0.25, -0.2) is 9.78 Å². The van der Waals surface area contributed by atoms with E-state index in [-0.39, 0.29) is 23.3 Å². The highest BCUT2D eigenvalue weighted by molar-refractivity contribution is 9.10. The molecule has 3 aromatic heterocycles. The molecule has 4 heterocycles. The van der Waals surface area contributed by atoms with E-state index < -0.39 is 13.2 Å². The molecule has 0 unspecified atom stereocenters. The summed E-state index contributed by atoms with van der Waals surface area (Å²) in [6, 6.07) is 7.52. The summed E-state index contributed by atoms with van der Waals surface area (Å²) in [6.07, 6.45) is 9.68. The minimum Gasteiger partial charge on any atom is -0.495 e. The Hall–Kier alpha value is -4.63. The van der Waals surface area contributed by atoms with E-state index in [4.69, 9.17) is 23.5 Å². The lowest BCUT2D eigenvalue weighted by atomic mass is 9.84. The monoisotopic (exact) mass is 793 g/mol. The second-order valence-corrected chi connectivity index (χ2v) is 16.2. The van der Waals surface area contributed by atoms with Gasteiger partial charge in [-0.3, -0.25) is 19.2 Å². The summed E-state index contributed by atoms with van der Waals surface area (Å²) in [5.74, 6) is 1.39. The zero-order chi connectivity index (χ0) is 37.2. The molecule has 0 bridgehead atoms. The van der Waals surface area contributed by atoms with Crippen LogP contribution in [0, 0.1) is 0 Å². The van der Waals surface area contributed by atoms with E-state index in [1.165, 1.54) is 20.4 Å². The number of likely N-dealkylation sites (tertiary alicyclic amines) is 1. The lowest BCUT2D eigenvalue weighted by molar-refractivity contribution is 0.0205. The Balaban J connectivity index is 1.33. The van der Waals surface area contributed by atoms with Crippen LogP contribution in [-0.4, -0.2) is 80.7 Å². The molecule has 0 atom stereocenters. The van der Waals surface area contributed by atoms with E-state index in [1.807, 2.05) is 52.3 Å². The van der Waals surface area contributed by atoms with Crippen LogP contribution < -0.4 is 20.7 Å². The number of nitrogens with one attached hydrogen (secondary N) is 2. The topological polar surface area (TPSA) is 168 Å². The molecule has 2 N–H and O–H groups in total. The number of aromatic nitrogens is 6. The minimum atomic E-state index is -3.80. The molecule has 2 aromatic carbocycles. The maximum atomic E-state index is 13.8. The third-order valence-corrected chi connectivity index (χ3v) is 11.1. The largest absolute Gasteiger partial charge is 0.495 e. The Morgan fingerprint density at radius 2 is 1.71 bits per heavy atom. The molecule has 1 saturated heterocycles. The quantitative estimate of drug-likeness (QED) is 0.135. The fourth-order valence-corrected chi connectivity index (χ4v) is 7.79. The number of hydrogen-bond donors (Lipinski definition) is 2. The van der Waals surface area contributed by atoms with Crippen LogP contribution in [0.4, 0.5) is 27.9 Å². The van der Waals surface area contributed by atoms with Crippen LogP contribution in [0.2, 0.25) is 0 Å². The second kappa shape index (κ2) is 15.2. The molecule has 52 heavy (non-hydrogen) atoms. The highest BCUT2D eigenvalue weighted by atomic mass is 79.9. The number of hydrogen-bond acceptors (Lipinski definition) is 13. The number of fused-ring (bicyclic) bond motifs is 1. The summed E-state index contributed by atoms with van der Waals surface area (Å²) in [6.45, 7) is 6.77. The van der Waals surface area contributed by atoms with Gasteiger partial charge in [0, 0.05) is 64.7 Å². The number of ether oxygens (including phenoxy) is 2. The number of methoxy groups -OCH3 is 1. The molecule has 274 valence electrons. The smallest absolute Gasteiger partial charge is 0.410 e. The lowest BCUT2D eigenvalue weighted by Crippen LogP contribution is -2.41. The van der Waals surface area contributed by atoms with Gasteiger partial charge < -0.3 is 34.1 Å². The molecule has 5 aromatic rings. The van der Waals surface area contributed by atoms with Gasteiger partial charge in [0.05, 0.1) is 34.7 Å². The third kappa shape index (κ3) is 7.89. The van der Waals surface area contributed by atoms with Crippen molar-refractivity contribution in [2.24, 2.45) is 7.05 Å². The average Bonchev–Trinajstić information content (AvgIpc) is 3.57. The van der Waals surface area contributed by atoms with E-state index in [0.717, 1.165) is 29.5 Å². The minimum absolute atomic E-state index is 0.160. The van der Waals surface area contributed by atoms with Crippen molar-refractivity contribution in [2.45, 2.75) is 45.1 Å². The van der Waals surface area contributed by atoms with Crippen molar-refractivity contribution in [3.05, 3.63) is 65.3 Å². The lowest BCUT2D eigenvalue weighted by Gasteiger charge is -2.34. The first-order chi connectivity index (χ1) is 24.8. The maximum Gasteiger partial charge on any atom is 0.410 e. The molecule has 17 heteroatoms. The Kier molecular flexibility index (Phi) is 10.8. The number of piperidine rings is 1. The predicted octanol–water partition coefficient (Wildman–Crippen LogP) is 7.30. The van der Waals surface area contributed by atoms with Crippen molar-refractivity contribution in [1.82, 2.24) is 34.6 Å². The molecule has 0 saturated carbocycles. The van der Waals surface area contributed by atoms with Crippen LogP contribution >= 0.6 is 23.5 Å². The Morgan fingerprint density at radius 3 is 2.37 bits per heavy atom. The molecule has 1 fully saturated rings. The molecular weight excluding hydrogens is 753 g/mol. The zero-order valence-electron chi connectivity index (χ0n) is 30.0. The van der Waals surface area contributed by atoms with E-state index in [9.17, 15) is 9.36 Å². The summed E-state index contributed by atoms with van der Waals surface area (Å²) in [4.78, 5) is 32.6. The third-order valence-electron chi connectivity index (χ3n) is 8.59. The van der Waals surface area contributed by atoms with Crippen LogP contribution in [0.1, 0.15) is 45.1 Å². The van der Waals surface area contributed by atoms with Crippen LogP contribution in [-0.2, 0) is 25.4 Å². The second-order valence-electron chi connectivity index (χ2n) is 13.2. The SMILES string of the molecule is COc1cc(C2CCN(C(=O)OC(C)(C)C)CC2)c(-c2cnn(C)c2)cc1Nc1ncc(Br)c(Nc2ccc3nccnc3c2P(=O)(OC)OC)n1. The van der Waals surface area contributed by atoms with Gasteiger partial charge in [-0.05, 0) is 90.9 Å². The van der Waals surface area contributed by atoms with Gasteiger partial charge in [-0.2, -0.15) is 10.1 Å². The summed E-state index contributed by atoms with van der Waals surface area (Å²) in [5.41, 5.74) is 4.37. The van der Waals surface area contributed by atoms with Gasteiger partial charge in [0.15, 0.2) is 0 Å². The number of halogens is 1. The number of carbonyl (C=O) groups is 1. The van der Waals surface area contributed by atoms with Crippen LogP contribution in [0.5, 0.6) is 5.75 Å². The molecule has 1 amide bonds. The standard InChI is InChI=1S/C35H41BrN9O6P/c1-35(2,3)51-34(46)45-14-10-21(11-15-45)24-17-29(48-5)28(16-23(24)22-18-40-44(4)20-22)42-33-39-19-25(36)32(43-33)41-27-9-8-26-30(38-13-12-37-26)31(27)52(47,49-6)50-7/h8-9,12-13,16-21H,10-11,14-15H2,1-7H3,(H2,39,41,42,43). The van der Waals surface area contributed by atoms with Crippen molar-refractivity contribution in [1.29, 1.82) is 0 Å². The van der Waals surface area contributed by atoms with Gasteiger partial charge in [0.2, 0.25) is 5.95 Å². The van der Waals surface area contributed by atoms with E-state index in [1.54, 1.807) is 41.2 Å². The molecular formula is C35H41BrN9O6P. The first-order valence-corrected chi connectivity index (χ1v) is 18.9. The number of amides is 1. The molecule has 0 spiro atoms. The molecule has 0 radical (unpaired) electrons. The molecule has 0 aliphatic carbocycles.